The molecule has 4 heteroatoms. The fraction of sp³-hybridized carbons (Fsp3) is 0.647. The first-order chi connectivity index (χ1) is 9.84. The molecule has 0 saturated carbocycles. The highest BCUT2D eigenvalue weighted by molar-refractivity contribution is 5.76. The second kappa shape index (κ2) is 8.13. The van der Waals surface area contributed by atoms with E-state index in [1.54, 1.807) is 6.20 Å². The molecular weight excluding hydrogens is 262 g/mol. The van der Waals surface area contributed by atoms with Crippen molar-refractivity contribution in [1.29, 1.82) is 0 Å². The van der Waals surface area contributed by atoms with Gasteiger partial charge < -0.3 is 11.1 Å². The van der Waals surface area contributed by atoms with E-state index < -0.39 is 0 Å². The number of pyridine rings is 1. The Hall–Kier alpha value is -1.42. The van der Waals surface area contributed by atoms with Crippen LogP contribution >= 0.6 is 0 Å². The number of amides is 1. The molecular formula is C17H29N3O. The molecule has 0 bridgehead atoms. The van der Waals surface area contributed by atoms with Crippen LogP contribution in [0, 0.1) is 11.3 Å². The zero-order valence-corrected chi connectivity index (χ0v) is 13.7. The molecule has 0 spiro atoms. The molecule has 1 amide bonds. The number of rotatable bonds is 7. The van der Waals surface area contributed by atoms with Crippen molar-refractivity contribution < 1.29 is 4.79 Å². The lowest BCUT2D eigenvalue weighted by atomic mass is 9.76. The normalized spacial score (nSPS) is 14.5. The maximum atomic E-state index is 12.1. The lowest BCUT2D eigenvalue weighted by molar-refractivity contribution is -0.122. The monoisotopic (exact) mass is 291 g/mol. The molecule has 21 heavy (non-hydrogen) atoms. The lowest BCUT2D eigenvalue weighted by Gasteiger charge is -2.30. The van der Waals surface area contributed by atoms with Crippen LogP contribution in [0.5, 0.6) is 0 Å². The molecule has 0 aromatic carbocycles. The van der Waals surface area contributed by atoms with E-state index in [2.05, 4.69) is 31.1 Å². The van der Waals surface area contributed by atoms with Crippen LogP contribution in [0.15, 0.2) is 24.4 Å². The molecule has 0 aliphatic carbocycles. The molecule has 1 unspecified atom stereocenters. The van der Waals surface area contributed by atoms with Gasteiger partial charge in [0.25, 0.3) is 0 Å². The second-order valence-electron chi connectivity index (χ2n) is 6.72. The van der Waals surface area contributed by atoms with Crippen molar-refractivity contribution >= 4 is 5.91 Å². The summed E-state index contributed by atoms with van der Waals surface area (Å²) >= 11 is 0. The molecule has 118 valence electrons. The number of hydrogen-bond donors (Lipinski definition) is 2. The third-order valence-electron chi connectivity index (χ3n) is 3.97. The molecule has 1 rings (SSSR count). The number of carbonyl (C=O) groups excluding carboxylic acids is 1. The van der Waals surface area contributed by atoms with Gasteiger partial charge in [0.2, 0.25) is 5.91 Å². The van der Waals surface area contributed by atoms with Crippen molar-refractivity contribution in [2.45, 2.75) is 53.0 Å². The Morgan fingerprint density at radius 2 is 2.05 bits per heavy atom. The van der Waals surface area contributed by atoms with E-state index in [0.29, 0.717) is 18.9 Å². The Labute approximate surface area is 128 Å². The molecule has 0 aliphatic heterocycles. The van der Waals surface area contributed by atoms with Gasteiger partial charge in [-0.05, 0) is 49.8 Å². The summed E-state index contributed by atoms with van der Waals surface area (Å²) in [4.78, 5) is 16.4. The summed E-state index contributed by atoms with van der Waals surface area (Å²) in [5.74, 6) is 0.554. The summed E-state index contributed by atoms with van der Waals surface area (Å²) in [5, 5.41) is 3.01. The first kappa shape index (κ1) is 17.6. The molecule has 4 nitrogen and oxygen atoms in total. The summed E-state index contributed by atoms with van der Waals surface area (Å²) in [6.45, 7) is 9.26. The Morgan fingerprint density at radius 1 is 1.33 bits per heavy atom. The number of carbonyl (C=O) groups is 1. The van der Waals surface area contributed by atoms with Gasteiger partial charge in [-0.3, -0.25) is 9.78 Å². The average Bonchev–Trinajstić information content (AvgIpc) is 2.43. The minimum absolute atomic E-state index is 0.0544. The fourth-order valence-electron chi connectivity index (χ4n) is 2.54. The highest BCUT2D eigenvalue weighted by Gasteiger charge is 2.24. The predicted octanol–water partition coefficient (Wildman–Crippen LogP) is 3.05. The Balaban J connectivity index is 2.46. The minimum atomic E-state index is -0.0544. The average molecular weight is 291 g/mol. The standard InChI is InChI=1S/C17H29N3O/c1-13(15-7-5-6-12-19-15)20-16(21)9-8-14(10-11-18)17(2,3)4/h5-7,12-14H,8-11,18H2,1-4H3,(H,20,21)/t13-,14?/m1/s1. The lowest BCUT2D eigenvalue weighted by Crippen LogP contribution is -2.29. The van der Waals surface area contributed by atoms with Gasteiger partial charge >= 0.3 is 0 Å². The maximum Gasteiger partial charge on any atom is 0.220 e. The van der Waals surface area contributed by atoms with Crippen LogP contribution in [0.3, 0.4) is 0 Å². The molecule has 1 aromatic rings. The summed E-state index contributed by atoms with van der Waals surface area (Å²) in [7, 11) is 0. The molecule has 0 fully saturated rings. The Morgan fingerprint density at radius 3 is 2.57 bits per heavy atom. The zero-order valence-electron chi connectivity index (χ0n) is 13.7. The number of hydrogen-bond acceptors (Lipinski definition) is 3. The van der Waals surface area contributed by atoms with Crippen LogP contribution in [0.25, 0.3) is 0 Å². The highest BCUT2D eigenvalue weighted by Crippen LogP contribution is 2.32. The summed E-state index contributed by atoms with van der Waals surface area (Å²) in [6.07, 6.45) is 4.13. The second-order valence-corrected chi connectivity index (χ2v) is 6.72. The smallest absolute Gasteiger partial charge is 0.220 e. The van der Waals surface area contributed by atoms with Gasteiger partial charge in [0.1, 0.15) is 0 Å². The molecule has 1 heterocycles. The Kier molecular flexibility index (Phi) is 6.82. The van der Waals surface area contributed by atoms with Gasteiger partial charge in [0.05, 0.1) is 11.7 Å². The molecule has 1 aromatic heterocycles. The van der Waals surface area contributed by atoms with E-state index in [4.69, 9.17) is 5.73 Å². The van der Waals surface area contributed by atoms with Crippen LogP contribution in [-0.2, 0) is 4.79 Å². The fourth-order valence-corrected chi connectivity index (χ4v) is 2.54. The zero-order chi connectivity index (χ0) is 15.9. The van der Waals surface area contributed by atoms with Crippen molar-refractivity contribution in [2.24, 2.45) is 17.1 Å². The van der Waals surface area contributed by atoms with Crippen LogP contribution in [0.2, 0.25) is 0 Å². The van der Waals surface area contributed by atoms with Crippen LogP contribution in [0.1, 0.15) is 58.7 Å². The van der Waals surface area contributed by atoms with Gasteiger partial charge in [-0.15, -0.1) is 0 Å². The summed E-state index contributed by atoms with van der Waals surface area (Å²) in [5.41, 5.74) is 6.76. The van der Waals surface area contributed by atoms with Crippen molar-refractivity contribution in [3.63, 3.8) is 0 Å². The SMILES string of the molecule is C[C@@H](NC(=O)CCC(CCN)C(C)(C)C)c1ccccn1. The van der Waals surface area contributed by atoms with Crippen molar-refractivity contribution in [3.8, 4) is 0 Å². The predicted molar refractivity (Wildman–Crippen MR) is 86.6 cm³/mol. The van der Waals surface area contributed by atoms with Crippen LogP contribution < -0.4 is 11.1 Å². The van der Waals surface area contributed by atoms with Gasteiger partial charge in [0, 0.05) is 12.6 Å². The first-order valence-electron chi connectivity index (χ1n) is 7.75. The first-order valence-corrected chi connectivity index (χ1v) is 7.75. The van der Waals surface area contributed by atoms with Crippen molar-refractivity contribution in [2.75, 3.05) is 6.54 Å². The van der Waals surface area contributed by atoms with E-state index >= 15 is 0 Å². The number of aromatic nitrogens is 1. The van der Waals surface area contributed by atoms with Crippen LogP contribution in [-0.4, -0.2) is 17.4 Å². The number of nitrogens with one attached hydrogen (secondary N) is 1. The molecule has 2 atom stereocenters. The van der Waals surface area contributed by atoms with Crippen LogP contribution in [0.4, 0.5) is 0 Å². The van der Waals surface area contributed by atoms with Crippen molar-refractivity contribution in [1.82, 2.24) is 10.3 Å². The summed E-state index contributed by atoms with van der Waals surface area (Å²) < 4.78 is 0. The maximum absolute atomic E-state index is 12.1. The topological polar surface area (TPSA) is 68.0 Å². The highest BCUT2D eigenvalue weighted by atomic mass is 16.1. The van der Waals surface area contributed by atoms with Gasteiger partial charge in [-0.2, -0.15) is 0 Å². The molecule has 3 N–H and O–H groups in total. The van der Waals surface area contributed by atoms with E-state index in [9.17, 15) is 4.79 Å². The number of nitrogens with zero attached hydrogens (tertiary/aromatic N) is 1. The van der Waals surface area contributed by atoms with E-state index in [0.717, 1.165) is 18.5 Å². The van der Waals surface area contributed by atoms with E-state index in [1.807, 2.05) is 25.1 Å². The molecule has 0 radical (unpaired) electrons. The minimum Gasteiger partial charge on any atom is -0.348 e. The quantitative estimate of drug-likeness (QED) is 0.811. The third-order valence-corrected chi connectivity index (χ3v) is 3.97. The van der Waals surface area contributed by atoms with E-state index in [-0.39, 0.29) is 17.4 Å². The largest absolute Gasteiger partial charge is 0.348 e. The van der Waals surface area contributed by atoms with E-state index in [1.165, 1.54) is 0 Å². The Bertz CT molecular complexity index is 425. The third kappa shape index (κ3) is 6.25. The number of nitrogens with two attached hydrogens (primary N) is 1. The van der Waals surface area contributed by atoms with Crippen molar-refractivity contribution in [3.05, 3.63) is 30.1 Å². The molecule has 0 saturated heterocycles. The van der Waals surface area contributed by atoms with Gasteiger partial charge in [-0.25, -0.2) is 0 Å². The molecule has 0 aliphatic rings. The van der Waals surface area contributed by atoms with Gasteiger partial charge in [-0.1, -0.05) is 26.8 Å². The van der Waals surface area contributed by atoms with Gasteiger partial charge in [0.15, 0.2) is 0 Å². The summed E-state index contributed by atoms with van der Waals surface area (Å²) in [6, 6.07) is 5.68.